The molecule has 0 aliphatic rings. The molecule has 16 heavy (non-hydrogen) atoms. The molecular formula is C11H10BrN3S. The number of anilines is 1. The molecule has 0 amide bonds. The van der Waals surface area contributed by atoms with Crippen LogP contribution in [-0.2, 0) is 0 Å². The number of aromatic nitrogens is 2. The van der Waals surface area contributed by atoms with Crippen molar-refractivity contribution in [3.8, 4) is 0 Å². The molecule has 0 saturated heterocycles. The van der Waals surface area contributed by atoms with Crippen LogP contribution in [-0.4, -0.2) is 9.97 Å². The van der Waals surface area contributed by atoms with E-state index in [1.165, 1.54) is 11.8 Å². The van der Waals surface area contributed by atoms with Gasteiger partial charge >= 0.3 is 0 Å². The molecule has 2 N–H and O–H groups in total. The van der Waals surface area contributed by atoms with Gasteiger partial charge in [-0.05, 0) is 58.9 Å². The van der Waals surface area contributed by atoms with Crippen molar-refractivity contribution in [2.24, 2.45) is 0 Å². The van der Waals surface area contributed by atoms with Gasteiger partial charge in [0.25, 0.3) is 0 Å². The van der Waals surface area contributed by atoms with Crippen LogP contribution < -0.4 is 5.73 Å². The van der Waals surface area contributed by atoms with Gasteiger partial charge in [-0.2, -0.15) is 0 Å². The number of nitrogens with two attached hydrogens (primary N) is 1. The highest BCUT2D eigenvalue weighted by Crippen LogP contribution is 2.33. The summed E-state index contributed by atoms with van der Waals surface area (Å²) >= 11 is 4.91. The van der Waals surface area contributed by atoms with Gasteiger partial charge in [-0.1, -0.05) is 0 Å². The van der Waals surface area contributed by atoms with Crippen molar-refractivity contribution in [3.63, 3.8) is 0 Å². The predicted molar refractivity (Wildman–Crippen MR) is 69.4 cm³/mol. The van der Waals surface area contributed by atoms with E-state index in [0.717, 1.165) is 20.2 Å². The molecule has 0 aliphatic carbocycles. The minimum atomic E-state index is 0.674. The number of aryl methyl sites for hydroxylation is 1. The van der Waals surface area contributed by atoms with Gasteiger partial charge in [0.05, 0.1) is 10.2 Å². The Balaban J connectivity index is 2.34. The molecule has 0 aliphatic heterocycles. The summed E-state index contributed by atoms with van der Waals surface area (Å²) in [5.74, 6) is 0. The van der Waals surface area contributed by atoms with Crippen molar-refractivity contribution < 1.29 is 0 Å². The Morgan fingerprint density at radius 2 is 2.06 bits per heavy atom. The summed E-state index contributed by atoms with van der Waals surface area (Å²) in [4.78, 5) is 8.65. The Hall–Kier alpha value is -1.07. The third-order valence-corrected chi connectivity index (χ3v) is 3.89. The minimum absolute atomic E-state index is 0.674. The number of halogens is 1. The summed E-state index contributed by atoms with van der Waals surface area (Å²) in [5.41, 5.74) is 7.48. The molecule has 2 rings (SSSR count). The second-order valence-corrected chi connectivity index (χ2v) is 5.07. The maximum atomic E-state index is 5.86. The van der Waals surface area contributed by atoms with Gasteiger partial charge in [0.1, 0.15) is 10.1 Å². The quantitative estimate of drug-likeness (QED) is 0.924. The fraction of sp³-hybridized carbons (Fsp3) is 0.0909. The van der Waals surface area contributed by atoms with Crippen molar-refractivity contribution in [3.05, 3.63) is 40.6 Å². The van der Waals surface area contributed by atoms with Crippen molar-refractivity contribution in [1.82, 2.24) is 9.97 Å². The highest BCUT2D eigenvalue weighted by atomic mass is 79.9. The molecule has 2 aromatic rings. The lowest BCUT2D eigenvalue weighted by Gasteiger charge is -2.05. The van der Waals surface area contributed by atoms with Gasteiger partial charge in [-0.15, -0.1) is 0 Å². The van der Waals surface area contributed by atoms with E-state index in [-0.39, 0.29) is 0 Å². The maximum absolute atomic E-state index is 5.86. The first-order valence-electron chi connectivity index (χ1n) is 4.68. The van der Waals surface area contributed by atoms with Crippen LogP contribution in [0.15, 0.2) is 45.0 Å². The Bertz CT molecular complexity index is 516. The topological polar surface area (TPSA) is 51.8 Å². The molecule has 5 heteroatoms. The van der Waals surface area contributed by atoms with Crippen molar-refractivity contribution >= 4 is 33.4 Å². The summed E-state index contributed by atoms with van der Waals surface area (Å²) in [6.45, 7) is 1.94. The van der Waals surface area contributed by atoms with Crippen molar-refractivity contribution in [2.45, 2.75) is 17.0 Å². The Kier molecular flexibility index (Phi) is 3.46. The SMILES string of the molecule is Cc1ccc(N)c(Sc2ncccc2Br)n1. The Morgan fingerprint density at radius 3 is 2.81 bits per heavy atom. The standard InChI is InChI=1S/C11H10BrN3S/c1-7-4-5-9(13)11(15-7)16-10-8(12)3-2-6-14-10/h2-6H,13H2,1H3. The molecule has 0 unspecified atom stereocenters. The Morgan fingerprint density at radius 1 is 1.25 bits per heavy atom. The molecule has 0 aromatic carbocycles. The van der Waals surface area contributed by atoms with Crippen LogP contribution in [0.25, 0.3) is 0 Å². The van der Waals surface area contributed by atoms with E-state index in [2.05, 4.69) is 25.9 Å². The fourth-order valence-corrected chi connectivity index (χ4v) is 2.50. The monoisotopic (exact) mass is 295 g/mol. The van der Waals surface area contributed by atoms with E-state index in [0.29, 0.717) is 5.69 Å². The second kappa shape index (κ2) is 4.84. The van der Waals surface area contributed by atoms with Crippen LogP contribution >= 0.6 is 27.7 Å². The summed E-state index contributed by atoms with van der Waals surface area (Å²) < 4.78 is 0.947. The Labute approximate surface area is 107 Å². The number of hydrogen-bond donors (Lipinski definition) is 1. The number of rotatable bonds is 2. The predicted octanol–water partition coefficient (Wildman–Crippen LogP) is 3.28. The molecule has 0 saturated carbocycles. The lowest BCUT2D eigenvalue weighted by Crippen LogP contribution is -1.94. The zero-order chi connectivity index (χ0) is 11.5. The van der Waals surface area contributed by atoms with Gasteiger partial charge in [0.2, 0.25) is 0 Å². The third-order valence-electron chi connectivity index (χ3n) is 1.95. The van der Waals surface area contributed by atoms with E-state index < -0.39 is 0 Å². The first-order chi connectivity index (χ1) is 7.66. The molecule has 0 radical (unpaired) electrons. The summed E-state index contributed by atoms with van der Waals surface area (Å²) in [6, 6.07) is 7.58. The smallest absolute Gasteiger partial charge is 0.125 e. The third kappa shape index (κ3) is 2.54. The molecular weight excluding hydrogens is 286 g/mol. The fourth-order valence-electron chi connectivity index (χ4n) is 1.16. The molecule has 0 bridgehead atoms. The number of hydrogen-bond acceptors (Lipinski definition) is 4. The summed E-state index contributed by atoms with van der Waals surface area (Å²) in [6.07, 6.45) is 1.75. The summed E-state index contributed by atoms with van der Waals surface area (Å²) in [7, 11) is 0. The van der Waals surface area contributed by atoms with Crippen LogP contribution in [0.1, 0.15) is 5.69 Å². The molecule has 0 fully saturated rings. The maximum Gasteiger partial charge on any atom is 0.125 e. The first-order valence-corrected chi connectivity index (χ1v) is 6.29. The number of nitrogen functional groups attached to an aromatic ring is 1. The molecule has 2 heterocycles. The average Bonchev–Trinajstić information content (AvgIpc) is 2.27. The van der Waals surface area contributed by atoms with E-state index >= 15 is 0 Å². The molecule has 3 nitrogen and oxygen atoms in total. The van der Waals surface area contributed by atoms with E-state index in [9.17, 15) is 0 Å². The van der Waals surface area contributed by atoms with Gasteiger partial charge in [-0.25, -0.2) is 9.97 Å². The van der Waals surface area contributed by atoms with Crippen molar-refractivity contribution in [2.75, 3.05) is 5.73 Å². The average molecular weight is 296 g/mol. The van der Waals surface area contributed by atoms with Crippen molar-refractivity contribution in [1.29, 1.82) is 0 Å². The second-order valence-electron chi connectivity index (χ2n) is 3.24. The van der Waals surface area contributed by atoms with Crippen LogP contribution in [0.5, 0.6) is 0 Å². The first kappa shape index (κ1) is 11.4. The van der Waals surface area contributed by atoms with Crippen LogP contribution in [0.4, 0.5) is 5.69 Å². The number of nitrogens with zero attached hydrogens (tertiary/aromatic N) is 2. The van der Waals surface area contributed by atoms with Gasteiger partial charge < -0.3 is 5.73 Å². The van der Waals surface area contributed by atoms with Gasteiger partial charge in [-0.3, -0.25) is 0 Å². The number of pyridine rings is 2. The highest BCUT2D eigenvalue weighted by Gasteiger charge is 2.07. The largest absolute Gasteiger partial charge is 0.397 e. The zero-order valence-electron chi connectivity index (χ0n) is 8.64. The van der Waals surface area contributed by atoms with Crippen LogP contribution in [0.2, 0.25) is 0 Å². The normalized spacial score (nSPS) is 10.4. The van der Waals surface area contributed by atoms with E-state index in [1.807, 2.05) is 31.2 Å². The summed E-state index contributed by atoms with van der Waals surface area (Å²) in [5, 5.41) is 1.66. The zero-order valence-corrected chi connectivity index (χ0v) is 11.0. The van der Waals surface area contributed by atoms with Crippen LogP contribution in [0, 0.1) is 6.92 Å². The molecule has 0 spiro atoms. The van der Waals surface area contributed by atoms with E-state index in [1.54, 1.807) is 6.20 Å². The molecule has 82 valence electrons. The molecule has 0 atom stereocenters. The lowest BCUT2D eigenvalue weighted by molar-refractivity contribution is 1.05. The highest BCUT2D eigenvalue weighted by molar-refractivity contribution is 9.10. The van der Waals surface area contributed by atoms with E-state index in [4.69, 9.17) is 5.73 Å². The van der Waals surface area contributed by atoms with Gasteiger partial charge in [0.15, 0.2) is 0 Å². The van der Waals surface area contributed by atoms with Gasteiger partial charge in [0, 0.05) is 11.9 Å². The molecule has 2 aromatic heterocycles. The lowest BCUT2D eigenvalue weighted by atomic mass is 10.3. The minimum Gasteiger partial charge on any atom is -0.397 e. The van der Waals surface area contributed by atoms with Crippen LogP contribution in [0.3, 0.4) is 0 Å².